The second kappa shape index (κ2) is 3.35. The minimum absolute atomic E-state index is 0.231. The molecule has 0 aliphatic heterocycles. The monoisotopic (exact) mass is 219 g/mol. The molecule has 0 aromatic carbocycles. The van der Waals surface area contributed by atoms with E-state index in [9.17, 15) is 9.90 Å². The Labute approximate surface area is 96.7 Å². The molecule has 0 unspecified atom stereocenters. The van der Waals surface area contributed by atoms with Gasteiger partial charge in [-0.1, -0.05) is 5.57 Å². The lowest BCUT2D eigenvalue weighted by molar-refractivity contribution is -0.297. The van der Waals surface area contributed by atoms with Gasteiger partial charge < -0.3 is 9.90 Å². The quantitative estimate of drug-likeness (QED) is 0.665. The van der Waals surface area contributed by atoms with Crippen molar-refractivity contribution in [2.75, 3.05) is 0 Å². The summed E-state index contributed by atoms with van der Waals surface area (Å²) in [6, 6.07) is 0. The molecular formula is C14H19O2-. The van der Waals surface area contributed by atoms with Gasteiger partial charge in [0.2, 0.25) is 0 Å². The van der Waals surface area contributed by atoms with Crippen molar-refractivity contribution >= 4 is 5.97 Å². The van der Waals surface area contributed by atoms with Crippen LogP contribution in [0.4, 0.5) is 0 Å². The summed E-state index contributed by atoms with van der Waals surface area (Å²) >= 11 is 0. The first kappa shape index (κ1) is 10.4. The van der Waals surface area contributed by atoms with Crippen molar-refractivity contribution in [2.45, 2.75) is 45.4 Å². The lowest BCUT2D eigenvalue weighted by atomic mass is 9.48. The summed E-state index contributed by atoms with van der Waals surface area (Å²) in [5.74, 6) is 1.59. The van der Waals surface area contributed by atoms with E-state index in [1.807, 2.05) is 6.92 Å². The topological polar surface area (TPSA) is 40.1 Å². The highest BCUT2D eigenvalue weighted by Crippen LogP contribution is 2.62. The Morgan fingerprint density at radius 3 is 1.94 bits per heavy atom. The predicted molar refractivity (Wildman–Crippen MR) is 59.4 cm³/mol. The molecule has 4 aliphatic carbocycles. The van der Waals surface area contributed by atoms with Gasteiger partial charge in [0.25, 0.3) is 0 Å². The van der Waals surface area contributed by atoms with E-state index in [-0.39, 0.29) is 5.41 Å². The molecule has 0 atom stereocenters. The molecule has 2 nitrogen and oxygen atoms in total. The maximum absolute atomic E-state index is 10.7. The standard InChI is InChI=1S/C14H20O2/c1-9(2-13(15)16)14-6-10-3-11(7-14)5-12(4-10)8-14/h2,10-12H,3-8H2,1H3,(H,15,16)/p-1/b9-2-. The maximum Gasteiger partial charge on any atom is 0.0642 e. The van der Waals surface area contributed by atoms with Crippen molar-refractivity contribution in [3.8, 4) is 0 Å². The third-order valence-corrected chi connectivity index (χ3v) is 5.21. The number of aliphatic carboxylic acids is 1. The van der Waals surface area contributed by atoms with Crippen LogP contribution in [0, 0.1) is 23.2 Å². The molecule has 4 fully saturated rings. The molecule has 4 aliphatic rings. The zero-order chi connectivity index (χ0) is 11.3. The average molecular weight is 219 g/mol. The molecule has 0 aromatic heterocycles. The number of rotatable bonds is 2. The molecule has 0 radical (unpaired) electrons. The van der Waals surface area contributed by atoms with Crippen LogP contribution in [0.3, 0.4) is 0 Å². The third kappa shape index (κ3) is 1.50. The van der Waals surface area contributed by atoms with E-state index in [2.05, 4.69) is 0 Å². The molecule has 4 rings (SSSR count). The summed E-state index contributed by atoms with van der Waals surface area (Å²) in [6.45, 7) is 2.00. The average Bonchev–Trinajstić information content (AvgIpc) is 2.13. The van der Waals surface area contributed by atoms with Gasteiger partial charge in [-0.05, 0) is 74.7 Å². The predicted octanol–water partition coefficient (Wildman–Crippen LogP) is 1.90. The highest BCUT2D eigenvalue weighted by Gasteiger charge is 2.51. The van der Waals surface area contributed by atoms with E-state index in [1.165, 1.54) is 44.6 Å². The van der Waals surface area contributed by atoms with Crippen LogP contribution in [0.15, 0.2) is 11.6 Å². The number of carbonyl (C=O) groups is 1. The number of hydrogen-bond donors (Lipinski definition) is 0. The Kier molecular flexibility index (Phi) is 2.17. The molecule has 4 saturated carbocycles. The number of carboxylic acid groups (broad SMARTS) is 1. The Hall–Kier alpha value is -0.790. The van der Waals surface area contributed by atoms with Crippen LogP contribution in [0.1, 0.15) is 45.4 Å². The second-order valence-corrected chi connectivity index (χ2v) is 6.34. The van der Waals surface area contributed by atoms with E-state index >= 15 is 0 Å². The lowest BCUT2D eigenvalue weighted by Crippen LogP contribution is -2.46. The van der Waals surface area contributed by atoms with Crippen LogP contribution in [0.2, 0.25) is 0 Å². The number of allylic oxidation sites excluding steroid dienone is 1. The molecule has 0 N–H and O–H groups in total. The van der Waals surface area contributed by atoms with E-state index in [0.717, 1.165) is 23.3 Å². The fourth-order valence-corrected chi connectivity index (χ4v) is 4.92. The van der Waals surface area contributed by atoms with Gasteiger partial charge in [0, 0.05) is 0 Å². The van der Waals surface area contributed by atoms with Crippen molar-refractivity contribution in [2.24, 2.45) is 23.2 Å². The van der Waals surface area contributed by atoms with Gasteiger partial charge in [-0.2, -0.15) is 0 Å². The summed E-state index contributed by atoms with van der Waals surface area (Å²) in [4.78, 5) is 10.7. The highest BCUT2D eigenvalue weighted by atomic mass is 16.4. The van der Waals surface area contributed by atoms with Gasteiger partial charge in [0.15, 0.2) is 0 Å². The van der Waals surface area contributed by atoms with Crippen LogP contribution >= 0.6 is 0 Å². The number of carbonyl (C=O) groups excluding carboxylic acids is 1. The van der Waals surface area contributed by atoms with E-state index in [0.29, 0.717) is 0 Å². The smallest absolute Gasteiger partial charge is 0.0642 e. The summed E-state index contributed by atoms with van der Waals surface area (Å²) < 4.78 is 0. The largest absolute Gasteiger partial charge is 0.545 e. The van der Waals surface area contributed by atoms with Gasteiger partial charge in [0.1, 0.15) is 0 Å². The summed E-state index contributed by atoms with van der Waals surface area (Å²) in [5, 5.41) is 10.7. The Balaban J connectivity index is 1.91. The molecule has 0 amide bonds. The van der Waals surface area contributed by atoms with E-state index in [1.54, 1.807) is 0 Å². The van der Waals surface area contributed by atoms with E-state index in [4.69, 9.17) is 0 Å². The Morgan fingerprint density at radius 1 is 1.12 bits per heavy atom. The van der Waals surface area contributed by atoms with Gasteiger partial charge in [-0.25, -0.2) is 0 Å². The zero-order valence-electron chi connectivity index (χ0n) is 9.87. The Bertz CT molecular complexity index is 318. The first-order valence-corrected chi connectivity index (χ1v) is 6.47. The fraction of sp³-hybridized carbons (Fsp3) is 0.786. The van der Waals surface area contributed by atoms with E-state index < -0.39 is 5.97 Å². The Morgan fingerprint density at radius 2 is 1.56 bits per heavy atom. The van der Waals surface area contributed by atoms with Crippen LogP contribution in [0.5, 0.6) is 0 Å². The van der Waals surface area contributed by atoms with Gasteiger partial charge >= 0.3 is 0 Å². The molecule has 0 aromatic rings. The van der Waals surface area contributed by atoms with Crippen molar-refractivity contribution in [1.29, 1.82) is 0 Å². The van der Waals surface area contributed by atoms with Crippen LogP contribution in [-0.2, 0) is 4.79 Å². The normalized spacial score (nSPS) is 46.1. The van der Waals surface area contributed by atoms with Gasteiger partial charge in [-0.3, -0.25) is 0 Å². The zero-order valence-corrected chi connectivity index (χ0v) is 9.87. The molecule has 0 saturated heterocycles. The van der Waals surface area contributed by atoms with Crippen molar-refractivity contribution in [1.82, 2.24) is 0 Å². The van der Waals surface area contributed by atoms with Crippen LogP contribution < -0.4 is 5.11 Å². The molecular weight excluding hydrogens is 200 g/mol. The number of hydrogen-bond acceptors (Lipinski definition) is 2. The number of carboxylic acids is 1. The fourth-order valence-electron chi connectivity index (χ4n) is 4.92. The van der Waals surface area contributed by atoms with Gasteiger partial charge in [0.05, 0.1) is 5.97 Å². The molecule has 88 valence electrons. The second-order valence-electron chi connectivity index (χ2n) is 6.34. The van der Waals surface area contributed by atoms with Gasteiger partial charge in [-0.15, -0.1) is 0 Å². The highest BCUT2D eigenvalue weighted by molar-refractivity contribution is 5.78. The lowest BCUT2D eigenvalue weighted by Gasteiger charge is -2.57. The van der Waals surface area contributed by atoms with Crippen LogP contribution in [0.25, 0.3) is 0 Å². The third-order valence-electron chi connectivity index (χ3n) is 5.21. The maximum atomic E-state index is 10.7. The molecule has 4 bridgehead atoms. The molecule has 2 heteroatoms. The SMILES string of the molecule is C/C(=C/C(=O)[O-])C12CC3CC(CC(C3)C1)C2. The minimum atomic E-state index is -1.02. The first-order chi connectivity index (χ1) is 7.57. The molecule has 16 heavy (non-hydrogen) atoms. The van der Waals surface area contributed by atoms with Crippen LogP contribution in [-0.4, -0.2) is 5.97 Å². The summed E-state index contributed by atoms with van der Waals surface area (Å²) in [5.41, 5.74) is 1.31. The first-order valence-electron chi connectivity index (χ1n) is 6.47. The summed E-state index contributed by atoms with van der Waals surface area (Å²) in [6.07, 6.45) is 9.25. The minimum Gasteiger partial charge on any atom is -0.545 e. The van der Waals surface area contributed by atoms with Crippen molar-refractivity contribution in [3.05, 3.63) is 11.6 Å². The van der Waals surface area contributed by atoms with Crippen molar-refractivity contribution in [3.63, 3.8) is 0 Å². The molecule has 0 heterocycles. The van der Waals surface area contributed by atoms with Crippen molar-refractivity contribution < 1.29 is 9.90 Å². The summed E-state index contributed by atoms with van der Waals surface area (Å²) in [7, 11) is 0. The molecule has 0 spiro atoms.